The number of hydrogen-bond donors (Lipinski definition) is 1. The summed E-state index contributed by atoms with van der Waals surface area (Å²) < 4.78 is 5.45. The minimum Gasteiger partial charge on any atom is -0.381 e. The van der Waals surface area contributed by atoms with Crippen LogP contribution < -0.4 is 5.32 Å². The minimum atomic E-state index is 0.651. The largest absolute Gasteiger partial charge is 0.381 e. The van der Waals surface area contributed by atoms with Crippen molar-refractivity contribution in [2.24, 2.45) is 17.8 Å². The molecule has 17 heavy (non-hydrogen) atoms. The van der Waals surface area contributed by atoms with Gasteiger partial charge < -0.3 is 10.1 Å². The lowest BCUT2D eigenvalue weighted by Gasteiger charge is -2.33. The maximum Gasteiger partial charge on any atom is 0.0468 e. The molecule has 2 nitrogen and oxygen atoms in total. The van der Waals surface area contributed by atoms with E-state index in [1.165, 1.54) is 25.7 Å². The quantitative estimate of drug-likeness (QED) is 0.737. The molecule has 0 amide bonds. The molecule has 0 aliphatic carbocycles. The van der Waals surface area contributed by atoms with E-state index < -0.39 is 0 Å². The van der Waals surface area contributed by atoms with Crippen molar-refractivity contribution in [1.82, 2.24) is 5.32 Å². The van der Waals surface area contributed by atoms with Crippen molar-refractivity contribution in [2.75, 3.05) is 19.8 Å². The Hall–Kier alpha value is -0.0800. The van der Waals surface area contributed by atoms with Gasteiger partial charge in [0, 0.05) is 19.3 Å². The number of hydrogen-bond acceptors (Lipinski definition) is 2. The third-order valence-corrected chi connectivity index (χ3v) is 4.16. The molecular weight excluding hydrogens is 210 g/mol. The molecule has 0 spiro atoms. The first-order chi connectivity index (χ1) is 8.15. The Morgan fingerprint density at radius 3 is 2.35 bits per heavy atom. The summed E-state index contributed by atoms with van der Waals surface area (Å²) in [5.74, 6) is 2.48. The van der Waals surface area contributed by atoms with Gasteiger partial charge in [0.05, 0.1) is 0 Å². The van der Waals surface area contributed by atoms with Gasteiger partial charge in [-0.1, -0.05) is 20.8 Å². The zero-order chi connectivity index (χ0) is 12.7. The standard InChI is InChI=1S/C15H31NO/c1-5-8-16-13(4)15(12(2)3)11-14-6-9-17-10-7-14/h12-16H,5-11H2,1-4H3. The van der Waals surface area contributed by atoms with Crippen LogP contribution in [0.3, 0.4) is 0 Å². The maximum atomic E-state index is 5.45. The smallest absolute Gasteiger partial charge is 0.0468 e. The Labute approximate surface area is 108 Å². The molecule has 0 saturated carbocycles. The summed E-state index contributed by atoms with van der Waals surface area (Å²) >= 11 is 0. The Morgan fingerprint density at radius 2 is 1.82 bits per heavy atom. The van der Waals surface area contributed by atoms with Gasteiger partial charge in [0.2, 0.25) is 0 Å². The lowest BCUT2D eigenvalue weighted by molar-refractivity contribution is 0.0528. The van der Waals surface area contributed by atoms with Gasteiger partial charge in [-0.05, 0) is 56.9 Å². The highest BCUT2D eigenvalue weighted by molar-refractivity contribution is 4.79. The van der Waals surface area contributed by atoms with Crippen LogP contribution in [0.5, 0.6) is 0 Å². The van der Waals surface area contributed by atoms with Crippen LogP contribution >= 0.6 is 0 Å². The van der Waals surface area contributed by atoms with Gasteiger partial charge in [-0.25, -0.2) is 0 Å². The van der Waals surface area contributed by atoms with Gasteiger partial charge >= 0.3 is 0 Å². The first-order valence-corrected chi connectivity index (χ1v) is 7.46. The average Bonchev–Trinajstić information content (AvgIpc) is 2.34. The Kier molecular flexibility index (Phi) is 7.14. The topological polar surface area (TPSA) is 21.3 Å². The molecule has 0 radical (unpaired) electrons. The van der Waals surface area contributed by atoms with Crippen LogP contribution in [-0.2, 0) is 4.74 Å². The van der Waals surface area contributed by atoms with Crippen LogP contribution in [0.4, 0.5) is 0 Å². The van der Waals surface area contributed by atoms with Crippen molar-refractivity contribution in [3.05, 3.63) is 0 Å². The monoisotopic (exact) mass is 241 g/mol. The third kappa shape index (κ3) is 5.39. The minimum absolute atomic E-state index is 0.651. The molecule has 102 valence electrons. The molecule has 1 saturated heterocycles. The van der Waals surface area contributed by atoms with Crippen LogP contribution in [0.1, 0.15) is 53.4 Å². The van der Waals surface area contributed by atoms with E-state index in [0.29, 0.717) is 6.04 Å². The lowest BCUT2D eigenvalue weighted by atomic mass is 9.79. The fourth-order valence-electron chi connectivity index (χ4n) is 2.94. The summed E-state index contributed by atoms with van der Waals surface area (Å²) in [5, 5.41) is 3.67. The van der Waals surface area contributed by atoms with E-state index in [-0.39, 0.29) is 0 Å². The Morgan fingerprint density at radius 1 is 1.18 bits per heavy atom. The van der Waals surface area contributed by atoms with Gasteiger partial charge in [-0.3, -0.25) is 0 Å². The van der Waals surface area contributed by atoms with Crippen molar-refractivity contribution < 1.29 is 4.74 Å². The second-order valence-electron chi connectivity index (χ2n) is 5.94. The molecule has 1 aliphatic heterocycles. The van der Waals surface area contributed by atoms with Crippen LogP contribution in [0.15, 0.2) is 0 Å². The third-order valence-electron chi connectivity index (χ3n) is 4.16. The van der Waals surface area contributed by atoms with Crippen molar-refractivity contribution >= 4 is 0 Å². The number of ether oxygens (including phenoxy) is 1. The molecule has 0 bridgehead atoms. The van der Waals surface area contributed by atoms with E-state index in [9.17, 15) is 0 Å². The molecule has 1 heterocycles. The number of rotatable bonds is 7. The van der Waals surface area contributed by atoms with Gasteiger partial charge in [0.1, 0.15) is 0 Å². The summed E-state index contributed by atoms with van der Waals surface area (Å²) in [5.41, 5.74) is 0. The van der Waals surface area contributed by atoms with E-state index in [1.54, 1.807) is 0 Å². The van der Waals surface area contributed by atoms with E-state index in [0.717, 1.165) is 37.5 Å². The maximum absolute atomic E-state index is 5.45. The predicted molar refractivity (Wildman–Crippen MR) is 74.2 cm³/mol. The van der Waals surface area contributed by atoms with E-state index >= 15 is 0 Å². The van der Waals surface area contributed by atoms with E-state index in [2.05, 4.69) is 33.0 Å². The van der Waals surface area contributed by atoms with E-state index in [4.69, 9.17) is 4.74 Å². The predicted octanol–water partition coefficient (Wildman–Crippen LogP) is 3.46. The highest BCUT2D eigenvalue weighted by atomic mass is 16.5. The fourth-order valence-corrected chi connectivity index (χ4v) is 2.94. The SMILES string of the molecule is CCCNC(C)C(CC1CCOCC1)C(C)C. The van der Waals surface area contributed by atoms with Crippen molar-refractivity contribution in [1.29, 1.82) is 0 Å². The molecular formula is C15H31NO. The van der Waals surface area contributed by atoms with Gasteiger partial charge in [-0.2, -0.15) is 0 Å². The van der Waals surface area contributed by atoms with Crippen LogP contribution in [-0.4, -0.2) is 25.8 Å². The van der Waals surface area contributed by atoms with Gasteiger partial charge in [0.15, 0.2) is 0 Å². The van der Waals surface area contributed by atoms with E-state index in [1.807, 2.05) is 0 Å². The van der Waals surface area contributed by atoms with Gasteiger partial charge in [0.25, 0.3) is 0 Å². The second-order valence-corrected chi connectivity index (χ2v) is 5.94. The summed E-state index contributed by atoms with van der Waals surface area (Å²) in [7, 11) is 0. The Bertz CT molecular complexity index is 187. The summed E-state index contributed by atoms with van der Waals surface area (Å²) in [4.78, 5) is 0. The fraction of sp³-hybridized carbons (Fsp3) is 1.00. The molecule has 1 rings (SSSR count). The first kappa shape index (κ1) is 15.0. The molecule has 1 aliphatic rings. The molecule has 0 aromatic rings. The number of nitrogens with one attached hydrogen (secondary N) is 1. The summed E-state index contributed by atoms with van der Waals surface area (Å²) in [6.45, 7) is 12.4. The van der Waals surface area contributed by atoms with Crippen molar-refractivity contribution in [3.8, 4) is 0 Å². The highest BCUT2D eigenvalue weighted by Gasteiger charge is 2.25. The highest BCUT2D eigenvalue weighted by Crippen LogP contribution is 2.29. The zero-order valence-corrected chi connectivity index (χ0v) is 12.2. The zero-order valence-electron chi connectivity index (χ0n) is 12.2. The second kappa shape index (κ2) is 8.10. The van der Waals surface area contributed by atoms with Crippen molar-refractivity contribution in [2.45, 2.75) is 59.4 Å². The van der Waals surface area contributed by atoms with Crippen LogP contribution in [0, 0.1) is 17.8 Å². The normalized spacial score (nSPS) is 21.7. The molecule has 0 aromatic carbocycles. The van der Waals surface area contributed by atoms with Crippen molar-refractivity contribution in [3.63, 3.8) is 0 Å². The molecule has 2 atom stereocenters. The molecule has 2 heteroatoms. The molecule has 2 unspecified atom stereocenters. The molecule has 1 N–H and O–H groups in total. The van der Waals surface area contributed by atoms with Gasteiger partial charge in [-0.15, -0.1) is 0 Å². The average molecular weight is 241 g/mol. The first-order valence-electron chi connectivity index (χ1n) is 7.46. The van der Waals surface area contributed by atoms with Crippen LogP contribution in [0.25, 0.3) is 0 Å². The Balaban J connectivity index is 2.40. The summed E-state index contributed by atoms with van der Waals surface area (Å²) in [6.07, 6.45) is 5.14. The molecule has 1 fully saturated rings. The molecule has 0 aromatic heterocycles. The lowest BCUT2D eigenvalue weighted by Crippen LogP contribution is -2.38. The van der Waals surface area contributed by atoms with Crippen LogP contribution in [0.2, 0.25) is 0 Å². The summed E-state index contributed by atoms with van der Waals surface area (Å²) in [6, 6.07) is 0.651.